The highest BCUT2D eigenvalue weighted by Gasteiger charge is 2.11. The van der Waals surface area contributed by atoms with Gasteiger partial charge in [0.05, 0.1) is 19.8 Å². The van der Waals surface area contributed by atoms with Gasteiger partial charge in [0.25, 0.3) is 0 Å². The van der Waals surface area contributed by atoms with Crippen molar-refractivity contribution in [3.05, 3.63) is 24.3 Å². The van der Waals surface area contributed by atoms with Crippen LogP contribution in [-0.4, -0.2) is 57.1 Å². The van der Waals surface area contributed by atoms with Crippen LogP contribution in [0.5, 0.6) is 5.75 Å². The van der Waals surface area contributed by atoms with Crippen LogP contribution in [0.2, 0.25) is 0 Å². The second-order valence-corrected chi connectivity index (χ2v) is 6.15. The van der Waals surface area contributed by atoms with Gasteiger partial charge in [-0.25, -0.2) is 4.79 Å². The summed E-state index contributed by atoms with van der Waals surface area (Å²) in [7, 11) is 0. The summed E-state index contributed by atoms with van der Waals surface area (Å²) in [5, 5.41) is 2.73. The number of nitrogens with one attached hydrogen (secondary N) is 1. The molecule has 1 saturated heterocycles. The molecule has 0 unspecified atom stereocenters. The Morgan fingerprint density at radius 3 is 2.60 bits per heavy atom. The second-order valence-electron chi connectivity index (χ2n) is 6.15. The number of hydrogen-bond acceptors (Lipinski definition) is 5. The van der Waals surface area contributed by atoms with E-state index >= 15 is 0 Å². The summed E-state index contributed by atoms with van der Waals surface area (Å²) in [5.74, 6) is 0.822. The van der Waals surface area contributed by atoms with Crippen molar-refractivity contribution in [2.45, 2.75) is 32.6 Å². The van der Waals surface area contributed by atoms with Crippen LogP contribution in [0.3, 0.4) is 0 Å². The van der Waals surface area contributed by atoms with Crippen molar-refractivity contribution in [1.29, 1.82) is 0 Å². The van der Waals surface area contributed by atoms with E-state index < -0.39 is 6.09 Å². The first-order valence-electron chi connectivity index (χ1n) is 9.24. The summed E-state index contributed by atoms with van der Waals surface area (Å²) >= 11 is 0. The van der Waals surface area contributed by atoms with Crippen molar-refractivity contribution in [1.82, 2.24) is 4.90 Å². The van der Waals surface area contributed by atoms with Gasteiger partial charge in [0, 0.05) is 25.3 Å². The molecular formula is C19H30N2O4. The first-order chi connectivity index (χ1) is 12.3. The standard InChI is InChI=1S/C19H30N2O4/c1-2-3-4-5-13-24-18-8-6-17(7-9-18)20-19(22)25-16-12-21-10-14-23-15-11-21/h6-9H,2-5,10-16H2,1H3,(H,20,22). The smallest absolute Gasteiger partial charge is 0.411 e. The molecule has 1 heterocycles. The Kier molecular flexibility index (Phi) is 9.15. The molecule has 6 heteroatoms. The van der Waals surface area contributed by atoms with Crippen LogP contribution in [0, 0.1) is 0 Å². The summed E-state index contributed by atoms with van der Waals surface area (Å²) in [4.78, 5) is 14.0. The summed E-state index contributed by atoms with van der Waals surface area (Å²) in [5.41, 5.74) is 0.703. The number of morpholine rings is 1. The maximum Gasteiger partial charge on any atom is 0.411 e. The Labute approximate surface area is 150 Å². The third-order valence-corrected chi connectivity index (χ3v) is 4.11. The number of nitrogens with zero attached hydrogens (tertiary/aromatic N) is 1. The first kappa shape index (κ1) is 19.5. The molecule has 1 N–H and O–H groups in total. The van der Waals surface area contributed by atoms with Crippen molar-refractivity contribution < 1.29 is 19.0 Å². The molecule has 6 nitrogen and oxygen atoms in total. The summed E-state index contributed by atoms with van der Waals surface area (Å²) in [6, 6.07) is 7.38. The molecule has 1 aliphatic rings. The number of ether oxygens (including phenoxy) is 3. The Bertz CT molecular complexity index is 487. The molecule has 1 aromatic rings. The van der Waals surface area contributed by atoms with Gasteiger partial charge < -0.3 is 14.2 Å². The lowest BCUT2D eigenvalue weighted by atomic mass is 10.2. The van der Waals surface area contributed by atoms with E-state index in [1.165, 1.54) is 19.3 Å². The molecule has 0 spiro atoms. The number of hydrogen-bond donors (Lipinski definition) is 1. The van der Waals surface area contributed by atoms with Crippen molar-refractivity contribution in [2.75, 3.05) is 51.4 Å². The van der Waals surface area contributed by atoms with Crippen molar-refractivity contribution in [2.24, 2.45) is 0 Å². The molecule has 0 saturated carbocycles. The lowest BCUT2D eigenvalue weighted by molar-refractivity contribution is 0.0290. The number of benzene rings is 1. The zero-order valence-corrected chi connectivity index (χ0v) is 15.2. The van der Waals surface area contributed by atoms with E-state index in [9.17, 15) is 4.79 Å². The zero-order chi connectivity index (χ0) is 17.7. The number of amides is 1. The van der Waals surface area contributed by atoms with E-state index in [4.69, 9.17) is 14.2 Å². The van der Waals surface area contributed by atoms with Gasteiger partial charge in [-0.2, -0.15) is 0 Å². The van der Waals surface area contributed by atoms with E-state index in [0.29, 0.717) is 12.3 Å². The fourth-order valence-corrected chi connectivity index (χ4v) is 2.60. The Balaban J connectivity index is 1.60. The third kappa shape index (κ3) is 8.23. The predicted molar refractivity (Wildman–Crippen MR) is 98.3 cm³/mol. The maximum atomic E-state index is 11.8. The van der Waals surface area contributed by atoms with Gasteiger partial charge in [0.1, 0.15) is 12.4 Å². The minimum absolute atomic E-state index is 0.380. The number of unbranched alkanes of at least 4 members (excludes halogenated alkanes) is 3. The molecule has 0 aromatic heterocycles. The van der Waals surface area contributed by atoms with Crippen LogP contribution in [0.25, 0.3) is 0 Å². The molecule has 0 radical (unpaired) electrons. The van der Waals surface area contributed by atoms with Gasteiger partial charge in [-0.3, -0.25) is 10.2 Å². The monoisotopic (exact) mass is 350 g/mol. The van der Waals surface area contributed by atoms with Crippen LogP contribution in [-0.2, 0) is 9.47 Å². The van der Waals surface area contributed by atoms with Gasteiger partial charge in [-0.1, -0.05) is 26.2 Å². The maximum absolute atomic E-state index is 11.8. The number of carbonyl (C=O) groups excluding carboxylic acids is 1. The largest absolute Gasteiger partial charge is 0.494 e. The molecule has 1 amide bonds. The zero-order valence-electron chi connectivity index (χ0n) is 15.2. The van der Waals surface area contributed by atoms with Gasteiger partial charge >= 0.3 is 6.09 Å². The van der Waals surface area contributed by atoms with Crippen LogP contribution in [0.4, 0.5) is 10.5 Å². The van der Waals surface area contributed by atoms with Gasteiger partial charge in [0.2, 0.25) is 0 Å². The van der Waals surface area contributed by atoms with Crippen LogP contribution in [0.15, 0.2) is 24.3 Å². The van der Waals surface area contributed by atoms with Crippen LogP contribution >= 0.6 is 0 Å². The molecule has 1 aliphatic heterocycles. The first-order valence-corrected chi connectivity index (χ1v) is 9.24. The molecule has 1 aromatic carbocycles. The van der Waals surface area contributed by atoms with Crippen LogP contribution < -0.4 is 10.1 Å². The molecular weight excluding hydrogens is 320 g/mol. The number of anilines is 1. The fraction of sp³-hybridized carbons (Fsp3) is 0.632. The lowest BCUT2D eigenvalue weighted by Crippen LogP contribution is -2.38. The average Bonchev–Trinajstić information content (AvgIpc) is 2.64. The van der Waals surface area contributed by atoms with E-state index in [2.05, 4.69) is 17.1 Å². The third-order valence-electron chi connectivity index (χ3n) is 4.11. The molecule has 0 atom stereocenters. The number of carbonyl (C=O) groups is 1. The van der Waals surface area contributed by atoms with E-state index in [0.717, 1.165) is 51.6 Å². The van der Waals surface area contributed by atoms with Crippen molar-refractivity contribution >= 4 is 11.8 Å². The molecule has 140 valence electrons. The van der Waals surface area contributed by atoms with Gasteiger partial charge in [-0.05, 0) is 30.7 Å². The molecule has 25 heavy (non-hydrogen) atoms. The van der Waals surface area contributed by atoms with Crippen molar-refractivity contribution in [3.63, 3.8) is 0 Å². The Morgan fingerprint density at radius 2 is 1.88 bits per heavy atom. The molecule has 0 bridgehead atoms. The summed E-state index contributed by atoms with van der Waals surface area (Å²) < 4.78 is 16.2. The summed E-state index contributed by atoms with van der Waals surface area (Å²) in [6.45, 7) is 7.33. The minimum Gasteiger partial charge on any atom is -0.494 e. The Morgan fingerprint density at radius 1 is 1.12 bits per heavy atom. The predicted octanol–water partition coefficient (Wildman–Crippen LogP) is 3.53. The SMILES string of the molecule is CCCCCCOc1ccc(NC(=O)OCCN2CCOCC2)cc1. The topological polar surface area (TPSA) is 60.0 Å². The van der Waals surface area contributed by atoms with Crippen LogP contribution in [0.1, 0.15) is 32.6 Å². The number of rotatable bonds is 10. The van der Waals surface area contributed by atoms with E-state index in [-0.39, 0.29) is 0 Å². The molecule has 1 fully saturated rings. The minimum atomic E-state index is -0.429. The highest BCUT2D eigenvalue weighted by Crippen LogP contribution is 2.16. The highest BCUT2D eigenvalue weighted by atomic mass is 16.5. The molecule has 2 rings (SSSR count). The van der Waals surface area contributed by atoms with E-state index in [1.807, 2.05) is 24.3 Å². The lowest BCUT2D eigenvalue weighted by Gasteiger charge is -2.26. The highest BCUT2D eigenvalue weighted by molar-refractivity contribution is 5.84. The second kappa shape index (κ2) is 11.7. The molecule has 0 aliphatic carbocycles. The Hall–Kier alpha value is -1.79. The average molecular weight is 350 g/mol. The fourth-order valence-electron chi connectivity index (χ4n) is 2.60. The van der Waals surface area contributed by atoms with Gasteiger partial charge in [-0.15, -0.1) is 0 Å². The van der Waals surface area contributed by atoms with E-state index in [1.54, 1.807) is 0 Å². The summed E-state index contributed by atoms with van der Waals surface area (Å²) in [6.07, 6.45) is 4.32. The van der Waals surface area contributed by atoms with Crippen molar-refractivity contribution in [3.8, 4) is 5.75 Å². The normalized spacial score (nSPS) is 14.9. The van der Waals surface area contributed by atoms with Gasteiger partial charge in [0.15, 0.2) is 0 Å². The quantitative estimate of drug-likeness (QED) is 0.654.